The third-order valence-corrected chi connectivity index (χ3v) is 12.8. The molecule has 3 aliphatic carbocycles. The molecule has 6 rings (SSSR count). The number of hydrogen-bond donors (Lipinski definition) is 5. The fourth-order valence-corrected chi connectivity index (χ4v) is 9.72. The standard InChI is InChI=1S/C39H51NO13/c1-20-23-18-39(49)34(32-37(5,33(47)30(45)28(20)36(39,3)4)24(42)17-25-38(32,19-50-25)53-21(2)41)52-27(44)16-12-7-6-11-15-26(43)40-29(31(46)35(48)51-23)22-13-9-8-10-14-22/h8-10,13-14,23-25,29-32,34,42,45-46,49H,6-7,11-12,15-19H2,1-5H3,(H,40,43)/t23-,24-,25-,29-,30-,31-,32-,34-,37+,38-,39+/m0/s1. The van der Waals surface area contributed by atoms with Crippen molar-refractivity contribution in [3.05, 3.63) is 47.0 Å². The van der Waals surface area contributed by atoms with Gasteiger partial charge in [0.05, 0.1) is 30.1 Å². The molecule has 0 aromatic heterocycles. The predicted molar refractivity (Wildman–Crippen MR) is 184 cm³/mol. The van der Waals surface area contributed by atoms with Crippen LogP contribution in [0.25, 0.3) is 0 Å². The third-order valence-electron chi connectivity index (χ3n) is 12.8. The average molecular weight is 742 g/mol. The topological polar surface area (TPSA) is 215 Å². The second kappa shape index (κ2) is 14.2. The van der Waals surface area contributed by atoms with Gasteiger partial charge in [0.25, 0.3) is 0 Å². The van der Waals surface area contributed by atoms with E-state index in [1.54, 1.807) is 44.2 Å². The van der Waals surface area contributed by atoms with Crippen molar-refractivity contribution in [1.82, 2.24) is 5.32 Å². The van der Waals surface area contributed by atoms with Crippen LogP contribution in [0.1, 0.15) is 97.6 Å². The fraction of sp³-hybridized carbons (Fsp3) is 0.667. The van der Waals surface area contributed by atoms with E-state index in [1.165, 1.54) is 20.8 Å². The number of hydrogen-bond acceptors (Lipinski definition) is 13. The summed E-state index contributed by atoms with van der Waals surface area (Å²) in [5, 5.41) is 51.3. The molecule has 14 nitrogen and oxygen atoms in total. The lowest BCUT2D eigenvalue weighted by atomic mass is 9.44. The number of carbonyl (C=O) groups excluding carboxylic acids is 5. The van der Waals surface area contributed by atoms with Crippen molar-refractivity contribution in [3.8, 4) is 0 Å². The molecule has 4 fully saturated rings. The van der Waals surface area contributed by atoms with Crippen LogP contribution in [0.15, 0.2) is 41.5 Å². The Bertz CT molecular complexity index is 1680. The molecule has 1 aromatic carbocycles. The summed E-state index contributed by atoms with van der Waals surface area (Å²) in [5.74, 6) is -5.31. The van der Waals surface area contributed by atoms with Crippen molar-refractivity contribution in [2.45, 2.75) is 140 Å². The highest BCUT2D eigenvalue weighted by molar-refractivity contribution is 5.93. The van der Waals surface area contributed by atoms with Crippen LogP contribution in [-0.2, 0) is 42.9 Å². The zero-order valence-electron chi connectivity index (χ0n) is 30.8. The molecule has 2 saturated heterocycles. The minimum atomic E-state index is -2.25. The van der Waals surface area contributed by atoms with E-state index in [1.807, 2.05) is 0 Å². The molecule has 2 saturated carbocycles. The van der Waals surface area contributed by atoms with Gasteiger partial charge in [0.1, 0.15) is 30.0 Å². The summed E-state index contributed by atoms with van der Waals surface area (Å²) in [5.41, 5.74) is -6.74. The van der Waals surface area contributed by atoms with Crippen LogP contribution in [-0.4, -0.2) is 104 Å². The summed E-state index contributed by atoms with van der Waals surface area (Å²) < 4.78 is 24.0. The summed E-state index contributed by atoms with van der Waals surface area (Å²) in [7, 11) is 0. The van der Waals surface area contributed by atoms with Gasteiger partial charge in [-0.05, 0) is 43.4 Å². The molecule has 2 heterocycles. The minimum absolute atomic E-state index is 0.00713. The number of ether oxygens (including phenoxy) is 4. The van der Waals surface area contributed by atoms with Gasteiger partial charge in [-0.2, -0.15) is 0 Å². The smallest absolute Gasteiger partial charge is 0.338 e. The van der Waals surface area contributed by atoms with Crippen molar-refractivity contribution >= 4 is 29.6 Å². The van der Waals surface area contributed by atoms with Crippen LogP contribution >= 0.6 is 0 Å². The Morgan fingerprint density at radius 3 is 2.23 bits per heavy atom. The first-order chi connectivity index (χ1) is 24.9. The van der Waals surface area contributed by atoms with Crippen molar-refractivity contribution in [2.24, 2.45) is 16.7 Å². The molecule has 53 heavy (non-hydrogen) atoms. The van der Waals surface area contributed by atoms with Crippen LogP contribution in [0, 0.1) is 16.7 Å². The molecule has 14 heteroatoms. The van der Waals surface area contributed by atoms with Gasteiger partial charge in [-0.15, -0.1) is 0 Å². The van der Waals surface area contributed by atoms with Gasteiger partial charge in [-0.3, -0.25) is 19.2 Å². The molecular weight excluding hydrogens is 690 g/mol. The van der Waals surface area contributed by atoms with E-state index in [4.69, 9.17) is 18.9 Å². The summed E-state index contributed by atoms with van der Waals surface area (Å²) in [6.07, 6.45) is -7.95. The van der Waals surface area contributed by atoms with Crippen molar-refractivity contribution in [1.29, 1.82) is 0 Å². The molecule has 0 spiro atoms. The predicted octanol–water partition coefficient (Wildman–Crippen LogP) is 1.89. The van der Waals surface area contributed by atoms with Gasteiger partial charge in [0.2, 0.25) is 5.91 Å². The SMILES string of the molecule is CC(=O)O[C@@]12CO[C@H]1C[C@H](O)[C@@]1(C)C(=O)[C@@H](O)C3=C(C)[C@@H]4C[C@@](O)([C@@H](OC(=O)CCCCCCC(=O)N[C@@H](c5ccccc5)[C@H](O)C(=O)O4)[C@H]21)C3(C)C. The van der Waals surface area contributed by atoms with E-state index in [0.717, 1.165) is 0 Å². The molecular formula is C39H51NO13. The highest BCUT2D eigenvalue weighted by atomic mass is 16.6. The van der Waals surface area contributed by atoms with Gasteiger partial charge in [-0.1, -0.05) is 57.0 Å². The molecule has 1 aromatic rings. The maximum atomic E-state index is 14.8. The highest BCUT2D eigenvalue weighted by Crippen LogP contribution is 2.64. The first-order valence-corrected chi connectivity index (χ1v) is 18.5. The molecule has 5 aliphatic rings. The van der Waals surface area contributed by atoms with Crippen LogP contribution in [0.5, 0.6) is 0 Å². The Hall–Kier alpha value is -3.69. The Morgan fingerprint density at radius 1 is 0.943 bits per heavy atom. The van der Waals surface area contributed by atoms with Gasteiger partial charge in [0.15, 0.2) is 17.5 Å². The van der Waals surface area contributed by atoms with E-state index in [-0.39, 0.29) is 37.0 Å². The van der Waals surface area contributed by atoms with E-state index < -0.39 is 107 Å². The van der Waals surface area contributed by atoms with Gasteiger partial charge in [-0.25, -0.2) is 4.79 Å². The Morgan fingerprint density at radius 2 is 1.60 bits per heavy atom. The number of benzene rings is 1. The molecule has 11 atom stereocenters. The Kier molecular flexibility index (Phi) is 10.4. The normalized spacial score (nSPS) is 40.8. The van der Waals surface area contributed by atoms with Gasteiger partial charge < -0.3 is 44.7 Å². The minimum Gasteiger partial charge on any atom is -0.459 e. The van der Waals surface area contributed by atoms with Gasteiger partial charge >= 0.3 is 17.9 Å². The van der Waals surface area contributed by atoms with Gasteiger partial charge in [0, 0.05) is 38.0 Å². The lowest BCUT2D eigenvalue weighted by Crippen LogP contribution is -2.81. The second-order valence-electron chi connectivity index (χ2n) is 16.1. The van der Waals surface area contributed by atoms with E-state index >= 15 is 0 Å². The quantitative estimate of drug-likeness (QED) is 0.167. The molecule has 1 amide bonds. The lowest BCUT2D eigenvalue weighted by Gasteiger charge is -2.67. The van der Waals surface area contributed by atoms with E-state index in [2.05, 4.69) is 5.32 Å². The van der Waals surface area contributed by atoms with E-state index in [9.17, 15) is 44.4 Å². The van der Waals surface area contributed by atoms with Crippen LogP contribution < -0.4 is 5.32 Å². The van der Waals surface area contributed by atoms with Crippen molar-refractivity contribution in [2.75, 3.05) is 6.61 Å². The number of fused-ring (bicyclic) bond motifs is 6. The Labute approximate surface area is 308 Å². The monoisotopic (exact) mass is 741 g/mol. The summed E-state index contributed by atoms with van der Waals surface area (Å²) in [6.45, 7) is 7.06. The highest BCUT2D eigenvalue weighted by Gasteiger charge is 2.78. The fourth-order valence-electron chi connectivity index (χ4n) is 9.72. The molecule has 0 unspecified atom stereocenters. The molecule has 0 radical (unpaired) electrons. The maximum Gasteiger partial charge on any atom is 0.338 e. The first-order valence-electron chi connectivity index (χ1n) is 18.5. The van der Waals surface area contributed by atoms with Crippen molar-refractivity contribution in [3.63, 3.8) is 0 Å². The third kappa shape index (κ3) is 6.29. The number of nitrogens with one attached hydrogen (secondary N) is 1. The zero-order valence-corrected chi connectivity index (χ0v) is 30.8. The Balaban J connectivity index is 1.53. The first kappa shape index (κ1) is 39.0. The number of Topliss-reactive ketones (excluding diaryl/α,β-unsaturated/α-hetero) is 1. The zero-order chi connectivity index (χ0) is 38.7. The van der Waals surface area contributed by atoms with Crippen LogP contribution in [0.3, 0.4) is 0 Å². The number of rotatable bonds is 2. The second-order valence-corrected chi connectivity index (χ2v) is 16.1. The summed E-state index contributed by atoms with van der Waals surface area (Å²) in [4.78, 5) is 68.3. The molecule has 5 N–H and O–H groups in total. The van der Waals surface area contributed by atoms with E-state index in [0.29, 0.717) is 31.2 Å². The maximum absolute atomic E-state index is 14.8. The number of ketones is 1. The van der Waals surface area contributed by atoms with Crippen LogP contribution in [0.2, 0.25) is 0 Å². The number of amides is 1. The van der Waals surface area contributed by atoms with Crippen LogP contribution in [0.4, 0.5) is 0 Å². The molecule has 3 bridgehead atoms. The number of esters is 3. The summed E-state index contributed by atoms with van der Waals surface area (Å²) in [6, 6.07) is 7.25. The number of aliphatic hydroxyl groups is 4. The average Bonchev–Trinajstić information content (AvgIpc) is 3.09. The summed E-state index contributed by atoms with van der Waals surface area (Å²) >= 11 is 0. The molecule has 290 valence electrons. The number of carbonyl (C=O) groups is 5. The molecule has 2 aliphatic heterocycles. The van der Waals surface area contributed by atoms with Crippen molar-refractivity contribution < 1.29 is 63.3 Å². The lowest BCUT2D eigenvalue weighted by molar-refractivity contribution is -0.347. The largest absolute Gasteiger partial charge is 0.459 e. The number of aliphatic hydroxyl groups excluding tert-OH is 3.